The van der Waals surface area contributed by atoms with Crippen molar-refractivity contribution in [2.24, 2.45) is 0 Å². The normalized spacial score (nSPS) is 18.7. The van der Waals surface area contributed by atoms with Gasteiger partial charge in [-0.15, -0.1) is 0 Å². The van der Waals surface area contributed by atoms with Gasteiger partial charge in [0.1, 0.15) is 11.6 Å². The molecule has 0 bridgehead atoms. The molecule has 0 amide bonds. The molecule has 0 N–H and O–H groups in total. The van der Waals surface area contributed by atoms with Crippen LogP contribution >= 0.6 is 0 Å². The van der Waals surface area contributed by atoms with E-state index in [2.05, 4.69) is 11.9 Å². The van der Waals surface area contributed by atoms with E-state index in [1.165, 1.54) is 12.1 Å². The lowest BCUT2D eigenvalue weighted by Gasteiger charge is -2.29. The fourth-order valence-electron chi connectivity index (χ4n) is 2.34. The zero-order valence-corrected chi connectivity index (χ0v) is 9.87. The number of nitrogens with zero attached hydrogens (tertiary/aromatic N) is 1. The Morgan fingerprint density at radius 1 is 1.31 bits per heavy atom. The molecule has 0 spiro atoms. The smallest absolute Gasteiger partial charge is 0.126 e. The van der Waals surface area contributed by atoms with Crippen LogP contribution in [-0.4, -0.2) is 32.1 Å². The predicted octanol–water partition coefficient (Wildman–Crippen LogP) is 2.64. The first-order chi connectivity index (χ1) is 7.70. The van der Waals surface area contributed by atoms with Crippen molar-refractivity contribution in [3.63, 3.8) is 0 Å². The van der Waals surface area contributed by atoms with E-state index < -0.39 is 0 Å². The zero-order chi connectivity index (χ0) is 11.5. The van der Waals surface area contributed by atoms with Gasteiger partial charge >= 0.3 is 0 Å². The number of likely N-dealkylation sites (tertiary alicyclic amines) is 1. The molecule has 1 heterocycles. The molecular formula is C13H18FNO. The summed E-state index contributed by atoms with van der Waals surface area (Å²) in [6.07, 6.45) is 2.25. The van der Waals surface area contributed by atoms with Crippen molar-refractivity contribution in [1.29, 1.82) is 0 Å². The molecule has 0 atom stereocenters. The number of benzene rings is 1. The molecule has 88 valence electrons. The average Bonchev–Trinajstić information content (AvgIpc) is 2.30. The highest BCUT2D eigenvalue weighted by atomic mass is 19.1. The Labute approximate surface area is 96.0 Å². The Balaban J connectivity index is 2.19. The molecule has 1 aromatic carbocycles. The van der Waals surface area contributed by atoms with Crippen LogP contribution in [0.4, 0.5) is 4.39 Å². The molecule has 0 unspecified atom stereocenters. The van der Waals surface area contributed by atoms with Gasteiger partial charge in [0.2, 0.25) is 0 Å². The first kappa shape index (κ1) is 11.4. The lowest BCUT2D eigenvalue weighted by atomic mass is 9.89. The Hall–Kier alpha value is -1.09. The maximum absolute atomic E-state index is 13.1. The Morgan fingerprint density at radius 2 is 2.00 bits per heavy atom. The van der Waals surface area contributed by atoms with Gasteiger partial charge in [-0.25, -0.2) is 4.39 Å². The topological polar surface area (TPSA) is 12.5 Å². The fourth-order valence-corrected chi connectivity index (χ4v) is 2.34. The minimum Gasteiger partial charge on any atom is -0.496 e. The van der Waals surface area contributed by atoms with Gasteiger partial charge < -0.3 is 9.64 Å². The van der Waals surface area contributed by atoms with Crippen molar-refractivity contribution >= 4 is 0 Å². The summed E-state index contributed by atoms with van der Waals surface area (Å²) in [7, 11) is 3.74. The summed E-state index contributed by atoms with van der Waals surface area (Å²) in [5.74, 6) is 0.967. The fraction of sp³-hybridized carbons (Fsp3) is 0.538. The summed E-state index contributed by atoms with van der Waals surface area (Å²) in [5, 5.41) is 0. The number of methoxy groups -OCH3 is 1. The molecule has 1 fully saturated rings. The maximum Gasteiger partial charge on any atom is 0.126 e. The Kier molecular flexibility index (Phi) is 3.44. The second kappa shape index (κ2) is 4.83. The first-order valence-corrected chi connectivity index (χ1v) is 5.72. The molecule has 0 aromatic heterocycles. The van der Waals surface area contributed by atoms with E-state index in [4.69, 9.17) is 4.74 Å². The van der Waals surface area contributed by atoms with Crippen molar-refractivity contribution in [3.8, 4) is 5.75 Å². The van der Waals surface area contributed by atoms with Crippen LogP contribution in [0.3, 0.4) is 0 Å². The Morgan fingerprint density at radius 3 is 2.62 bits per heavy atom. The van der Waals surface area contributed by atoms with Gasteiger partial charge in [-0.2, -0.15) is 0 Å². The number of rotatable bonds is 2. The van der Waals surface area contributed by atoms with Crippen molar-refractivity contribution < 1.29 is 9.13 Å². The molecule has 0 radical (unpaired) electrons. The van der Waals surface area contributed by atoms with Crippen molar-refractivity contribution in [3.05, 3.63) is 29.6 Å². The van der Waals surface area contributed by atoms with E-state index >= 15 is 0 Å². The molecule has 3 heteroatoms. The van der Waals surface area contributed by atoms with Crippen LogP contribution in [0.1, 0.15) is 24.3 Å². The molecule has 1 saturated heterocycles. The number of hydrogen-bond acceptors (Lipinski definition) is 2. The second-order valence-electron chi connectivity index (χ2n) is 4.46. The lowest BCUT2D eigenvalue weighted by molar-refractivity contribution is 0.252. The van der Waals surface area contributed by atoms with Gasteiger partial charge in [0.05, 0.1) is 7.11 Å². The summed E-state index contributed by atoms with van der Waals surface area (Å²) in [6, 6.07) is 4.87. The molecular weight excluding hydrogens is 205 g/mol. The summed E-state index contributed by atoms with van der Waals surface area (Å²) in [6.45, 7) is 2.20. The van der Waals surface area contributed by atoms with Crippen LogP contribution in [0.15, 0.2) is 18.2 Å². The van der Waals surface area contributed by atoms with Crippen molar-refractivity contribution in [2.75, 3.05) is 27.2 Å². The van der Waals surface area contributed by atoms with Crippen LogP contribution < -0.4 is 4.74 Å². The van der Waals surface area contributed by atoms with E-state index in [0.29, 0.717) is 11.7 Å². The van der Waals surface area contributed by atoms with Gasteiger partial charge in [-0.1, -0.05) is 6.07 Å². The molecule has 2 rings (SSSR count). The van der Waals surface area contributed by atoms with Crippen LogP contribution in [0, 0.1) is 5.82 Å². The van der Waals surface area contributed by atoms with E-state index in [9.17, 15) is 4.39 Å². The summed E-state index contributed by atoms with van der Waals surface area (Å²) in [4.78, 5) is 2.33. The molecule has 1 aliphatic heterocycles. The van der Waals surface area contributed by atoms with Gasteiger partial charge in [0.25, 0.3) is 0 Å². The molecule has 0 saturated carbocycles. The van der Waals surface area contributed by atoms with Crippen LogP contribution in [0.5, 0.6) is 5.75 Å². The number of hydrogen-bond donors (Lipinski definition) is 0. The van der Waals surface area contributed by atoms with Crippen molar-refractivity contribution in [2.45, 2.75) is 18.8 Å². The Bertz CT molecular complexity index is 359. The monoisotopic (exact) mass is 223 g/mol. The SMILES string of the molecule is COc1cc(F)ccc1C1CCN(C)CC1. The largest absolute Gasteiger partial charge is 0.496 e. The van der Waals surface area contributed by atoms with Crippen LogP contribution in [0.25, 0.3) is 0 Å². The third kappa shape index (κ3) is 2.35. The summed E-state index contributed by atoms with van der Waals surface area (Å²) < 4.78 is 18.3. The highest BCUT2D eigenvalue weighted by molar-refractivity contribution is 5.37. The van der Waals surface area contributed by atoms with Gasteiger partial charge in [0.15, 0.2) is 0 Å². The first-order valence-electron chi connectivity index (χ1n) is 5.72. The summed E-state index contributed by atoms with van der Waals surface area (Å²) >= 11 is 0. The number of piperidine rings is 1. The average molecular weight is 223 g/mol. The molecule has 1 aromatic rings. The molecule has 0 aliphatic carbocycles. The predicted molar refractivity (Wildman–Crippen MR) is 62.4 cm³/mol. The molecule has 1 aliphatic rings. The zero-order valence-electron chi connectivity index (χ0n) is 9.87. The third-order valence-corrected chi connectivity index (χ3v) is 3.35. The minimum atomic E-state index is -0.228. The lowest BCUT2D eigenvalue weighted by Crippen LogP contribution is -2.29. The van der Waals surface area contributed by atoms with Crippen molar-refractivity contribution in [1.82, 2.24) is 4.90 Å². The highest BCUT2D eigenvalue weighted by Gasteiger charge is 2.21. The van der Waals surface area contributed by atoms with E-state index in [1.807, 2.05) is 6.07 Å². The van der Waals surface area contributed by atoms with E-state index in [-0.39, 0.29) is 5.82 Å². The number of halogens is 1. The van der Waals surface area contributed by atoms with Crippen LogP contribution in [-0.2, 0) is 0 Å². The quantitative estimate of drug-likeness (QED) is 0.764. The van der Waals surface area contributed by atoms with Crippen LogP contribution in [0.2, 0.25) is 0 Å². The standard InChI is InChI=1S/C13H18FNO/c1-15-7-5-10(6-8-15)12-4-3-11(14)9-13(12)16-2/h3-4,9-10H,5-8H2,1-2H3. The van der Waals surface area contributed by atoms with E-state index in [1.54, 1.807) is 7.11 Å². The van der Waals surface area contributed by atoms with Gasteiger partial charge in [-0.05, 0) is 50.5 Å². The molecule has 2 nitrogen and oxygen atoms in total. The molecule has 16 heavy (non-hydrogen) atoms. The van der Waals surface area contributed by atoms with Gasteiger partial charge in [0, 0.05) is 6.07 Å². The highest BCUT2D eigenvalue weighted by Crippen LogP contribution is 2.34. The van der Waals surface area contributed by atoms with E-state index in [0.717, 1.165) is 31.5 Å². The summed E-state index contributed by atoms with van der Waals surface area (Å²) in [5.41, 5.74) is 1.15. The second-order valence-corrected chi connectivity index (χ2v) is 4.46. The number of ether oxygens (including phenoxy) is 1. The third-order valence-electron chi connectivity index (χ3n) is 3.35. The van der Waals surface area contributed by atoms with Gasteiger partial charge in [-0.3, -0.25) is 0 Å². The minimum absolute atomic E-state index is 0.228. The maximum atomic E-state index is 13.1.